The average molecular weight is 444 g/mol. The smallest absolute Gasteiger partial charge is 0.258 e. The van der Waals surface area contributed by atoms with Crippen LogP contribution in [0.2, 0.25) is 0 Å². The van der Waals surface area contributed by atoms with Crippen molar-refractivity contribution in [2.45, 2.75) is 30.7 Å². The molecule has 9 nitrogen and oxygen atoms in total. The molecule has 11 heteroatoms. The lowest BCUT2D eigenvalue weighted by atomic mass is 9.90. The highest BCUT2D eigenvalue weighted by Crippen LogP contribution is 2.32. The van der Waals surface area contributed by atoms with Crippen molar-refractivity contribution >= 4 is 16.6 Å². The van der Waals surface area contributed by atoms with E-state index in [0.717, 1.165) is 10.8 Å². The summed E-state index contributed by atoms with van der Waals surface area (Å²) in [5, 5.41) is 22.0. The van der Waals surface area contributed by atoms with Gasteiger partial charge in [0.25, 0.3) is 5.56 Å². The number of hydrogen-bond donors (Lipinski definition) is 2. The molecule has 5 rings (SSSR count). The first-order valence-electron chi connectivity index (χ1n) is 10.3. The van der Waals surface area contributed by atoms with Crippen LogP contribution in [0.1, 0.15) is 6.42 Å². The molecule has 2 unspecified atom stereocenters. The van der Waals surface area contributed by atoms with Gasteiger partial charge in [0, 0.05) is 31.7 Å². The third kappa shape index (κ3) is 3.37. The third-order valence-corrected chi connectivity index (χ3v) is 6.24. The first-order chi connectivity index (χ1) is 15.3. The second kappa shape index (κ2) is 7.75. The van der Waals surface area contributed by atoms with E-state index in [0.29, 0.717) is 25.5 Å². The van der Waals surface area contributed by atoms with Crippen LogP contribution < -0.4 is 15.8 Å². The molecule has 1 aromatic carbocycles. The minimum absolute atomic E-state index is 0.0486. The molecule has 0 spiro atoms. The number of phenolic OH excluding ortho intramolecular Hbond substituents is 1. The van der Waals surface area contributed by atoms with E-state index in [2.05, 4.69) is 20.5 Å². The molecule has 0 saturated carbocycles. The van der Waals surface area contributed by atoms with Gasteiger partial charge in [0.05, 0.1) is 42.4 Å². The van der Waals surface area contributed by atoms with Gasteiger partial charge in [-0.2, -0.15) is 0 Å². The number of aromatic nitrogens is 4. The molecule has 168 valence electrons. The normalized spacial score (nSPS) is 25.1. The Kier molecular flexibility index (Phi) is 5.01. The lowest BCUT2D eigenvalue weighted by Gasteiger charge is -2.45. The van der Waals surface area contributed by atoms with E-state index in [1.54, 1.807) is 11.9 Å². The quantitative estimate of drug-likeness (QED) is 0.620. The Morgan fingerprint density at radius 1 is 1.28 bits per heavy atom. The van der Waals surface area contributed by atoms with Crippen LogP contribution in [-0.4, -0.2) is 69.4 Å². The van der Waals surface area contributed by atoms with Crippen molar-refractivity contribution in [2.24, 2.45) is 7.05 Å². The molecule has 2 bridgehead atoms. The molecule has 2 N–H and O–H groups in total. The highest BCUT2D eigenvalue weighted by Gasteiger charge is 2.42. The summed E-state index contributed by atoms with van der Waals surface area (Å²) in [6.45, 7) is 0.864. The molecule has 2 aliphatic rings. The number of alkyl halides is 1. The number of ether oxygens (including phenoxy) is 1. The van der Waals surface area contributed by atoms with Crippen molar-refractivity contribution in [3.8, 4) is 17.1 Å². The summed E-state index contributed by atoms with van der Waals surface area (Å²) in [5.74, 6) is -0.434. The van der Waals surface area contributed by atoms with Gasteiger partial charge in [0.2, 0.25) is 0 Å². The Labute approximate surface area is 181 Å². The van der Waals surface area contributed by atoms with E-state index in [1.807, 2.05) is 0 Å². The molecule has 2 saturated heterocycles. The number of benzene rings is 1. The van der Waals surface area contributed by atoms with Gasteiger partial charge < -0.3 is 24.6 Å². The highest BCUT2D eigenvalue weighted by molar-refractivity contribution is 5.89. The molecule has 0 amide bonds. The van der Waals surface area contributed by atoms with Crippen LogP contribution in [-0.2, 0) is 11.8 Å². The number of pyridine rings is 1. The Hall–Kier alpha value is -3.18. The van der Waals surface area contributed by atoms with E-state index >= 15 is 0 Å². The number of hydrogen-bond acceptors (Lipinski definition) is 8. The Morgan fingerprint density at radius 2 is 2.09 bits per heavy atom. The Morgan fingerprint density at radius 3 is 2.84 bits per heavy atom. The van der Waals surface area contributed by atoms with E-state index < -0.39 is 23.6 Å². The van der Waals surface area contributed by atoms with Gasteiger partial charge in [-0.1, -0.05) is 0 Å². The number of aryl methyl sites for hydroxylation is 1. The standard InChI is InChI=1S/C21H22F2N6O3/c1-28-7-14(22)11-4-13(17(30)5-12(11)21(28)31)20-24-6-18(26-27-20)29(2)16-3-10-8-32-9-15(25-10)19(16)23/h4-7,10,15-16,19,25,30H,3,8-9H2,1-2H3/t10?,15?,16-,19+/m1/s1. The van der Waals surface area contributed by atoms with Gasteiger partial charge in [-0.25, -0.2) is 13.8 Å². The van der Waals surface area contributed by atoms with Gasteiger partial charge >= 0.3 is 0 Å². The summed E-state index contributed by atoms with van der Waals surface area (Å²) < 4.78 is 35.9. The zero-order chi connectivity index (χ0) is 22.6. The summed E-state index contributed by atoms with van der Waals surface area (Å²) in [6, 6.07) is 1.82. The Balaban J connectivity index is 1.45. The lowest BCUT2D eigenvalue weighted by molar-refractivity contribution is -0.0175. The van der Waals surface area contributed by atoms with Crippen LogP contribution in [0.25, 0.3) is 22.2 Å². The number of morpholine rings is 1. The molecule has 2 aromatic heterocycles. The SMILES string of the molecule is CN(c1cnc(-c2cc3c(F)cn(C)c(=O)c3cc2O)nn1)[C@@H]1CC2COCC(N2)[C@@H]1F. The first kappa shape index (κ1) is 20.7. The lowest BCUT2D eigenvalue weighted by Crippen LogP contribution is -2.65. The first-order valence-corrected chi connectivity index (χ1v) is 10.3. The molecule has 0 aliphatic carbocycles. The fraction of sp³-hybridized carbons (Fsp3) is 0.429. The fourth-order valence-corrected chi connectivity index (χ4v) is 4.47. The number of rotatable bonds is 3. The van der Waals surface area contributed by atoms with E-state index in [-0.39, 0.29) is 40.0 Å². The van der Waals surface area contributed by atoms with E-state index in [1.165, 1.54) is 25.4 Å². The average Bonchev–Trinajstić information content (AvgIpc) is 2.79. The van der Waals surface area contributed by atoms with Crippen molar-refractivity contribution in [1.82, 2.24) is 25.1 Å². The van der Waals surface area contributed by atoms with Crippen LogP contribution in [0.5, 0.6) is 5.75 Å². The number of aromatic hydroxyl groups is 1. The predicted molar refractivity (Wildman–Crippen MR) is 113 cm³/mol. The molecular formula is C21H22F2N6O3. The molecule has 0 radical (unpaired) electrons. The number of fused-ring (bicyclic) bond motifs is 3. The number of nitrogens with one attached hydrogen (secondary N) is 1. The van der Waals surface area contributed by atoms with Crippen LogP contribution in [0.4, 0.5) is 14.6 Å². The van der Waals surface area contributed by atoms with Crippen LogP contribution in [0, 0.1) is 5.82 Å². The van der Waals surface area contributed by atoms with Crippen molar-refractivity contribution in [1.29, 1.82) is 0 Å². The maximum absolute atomic E-state index is 15.0. The van der Waals surface area contributed by atoms with Gasteiger partial charge in [0.1, 0.15) is 17.7 Å². The summed E-state index contributed by atoms with van der Waals surface area (Å²) in [5.41, 5.74) is -0.291. The van der Waals surface area contributed by atoms with Crippen molar-refractivity contribution in [3.05, 3.63) is 40.7 Å². The monoisotopic (exact) mass is 444 g/mol. The number of halogens is 2. The summed E-state index contributed by atoms with van der Waals surface area (Å²) in [4.78, 5) is 18.2. The molecule has 2 fully saturated rings. The van der Waals surface area contributed by atoms with Crippen LogP contribution in [0.3, 0.4) is 0 Å². The highest BCUT2D eigenvalue weighted by atomic mass is 19.1. The summed E-state index contributed by atoms with van der Waals surface area (Å²) >= 11 is 0. The number of anilines is 1. The number of nitrogens with zero attached hydrogens (tertiary/aromatic N) is 5. The van der Waals surface area contributed by atoms with Gasteiger partial charge in [-0.3, -0.25) is 4.79 Å². The summed E-state index contributed by atoms with van der Waals surface area (Å²) in [7, 11) is 3.17. The fourth-order valence-electron chi connectivity index (χ4n) is 4.47. The zero-order valence-electron chi connectivity index (χ0n) is 17.5. The molecule has 2 aliphatic heterocycles. The Bertz CT molecular complexity index is 1230. The molecule has 4 atom stereocenters. The molecular weight excluding hydrogens is 422 g/mol. The third-order valence-electron chi connectivity index (χ3n) is 6.24. The second-order valence-electron chi connectivity index (χ2n) is 8.31. The van der Waals surface area contributed by atoms with Crippen molar-refractivity contribution in [3.63, 3.8) is 0 Å². The predicted octanol–water partition coefficient (Wildman–Crippen LogP) is 1.14. The topological polar surface area (TPSA) is 105 Å². The van der Waals surface area contributed by atoms with E-state index in [4.69, 9.17) is 4.74 Å². The van der Waals surface area contributed by atoms with Gasteiger partial charge in [0.15, 0.2) is 11.6 Å². The van der Waals surface area contributed by atoms with Crippen LogP contribution in [0.15, 0.2) is 29.3 Å². The largest absolute Gasteiger partial charge is 0.507 e. The van der Waals surface area contributed by atoms with Crippen LogP contribution >= 0.6 is 0 Å². The molecule has 32 heavy (non-hydrogen) atoms. The minimum Gasteiger partial charge on any atom is -0.507 e. The second-order valence-corrected chi connectivity index (χ2v) is 8.31. The van der Waals surface area contributed by atoms with Crippen molar-refractivity contribution < 1.29 is 18.6 Å². The maximum atomic E-state index is 15.0. The van der Waals surface area contributed by atoms with Gasteiger partial charge in [-0.15, -0.1) is 10.2 Å². The van der Waals surface area contributed by atoms with E-state index in [9.17, 15) is 18.7 Å². The maximum Gasteiger partial charge on any atom is 0.258 e. The van der Waals surface area contributed by atoms with Gasteiger partial charge in [-0.05, 0) is 18.6 Å². The minimum atomic E-state index is -1.15. The number of phenols is 1. The number of piperidine rings is 1. The molecule has 4 heterocycles. The zero-order valence-corrected chi connectivity index (χ0v) is 17.5. The molecule has 3 aromatic rings. The summed E-state index contributed by atoms with van der Waals surface area (Å²) in [6.07, 6.45) is 1.92. The van der Waals surface area contributed by atoms with Crippen molar-refractivity contribution in [2.75, 3.05) is 25.2 Å².